The van der Waals surface area contributed by atoms with Crippen LogP contribution in [0.5, 0.6) is 0 Å². The Morgan fingerprint density at radius 1 is 1.05 bits per heavy atom. The summed E-state index contributed by atoms with van der Waals surface area (Å²) >= 11 is 0. The Morgan fingerprint density at radius 3 is 2.29 bits per heavy atom. The van der Waals surface area contributed by atoms with E-state index in [0.717, 1.165) is 6.54 Å². The summed E-state index contributed by atoms with van der Waals surface area (Å²) in [5.74, 6) is 0.632. The van der Waals surface area contributed by atoms with E-state index in [1.54, 1.807) is 0 Å². The third-order valence-electron chi connectivity index (χ3n) is 6.33. The highest BCUT2D eigenvalue weighted by Gasteiger charge is 2.74. The Hall–Kier alpha value is -0.860. The van der Waals surface area contributed by atoms with Crippen molar-refractivity contribution in [2.75, 3.05) is 0 Å². The van der Waals surface area contributed by atoms with Crippen LogP contribution in [0, 0.1) is 5.92 Å². The number of likely N-dealkylation sites (tertiary alicyclic amines) is 1. The molecule has 0 spiro atoms. The molecular weight excluding hydrogens is 258 g/mol. The first-order valence-electron chi connectivity index (χ1n) is 8.47. The van der Waals surface area contributed by atoms with Crippen molar-refractivity contribution in [1.29, 1.82) is 0 Å². The Labute approximate surface area is 129 Å². The molecule has 2 heterocycles. The molecule has 1 aromatic rings. The van der Waals surface area contributed by atoms with Crippen LogP contribution in [-0.4, -0.2) is 28.2 Å². The lowest BCUT2D eigenvalue weighted by Gasteiger charge is -2.48. The molecule has 2 heteroatoms. The number of hydrogen-bond donors (Lipinski definition) is 0. The molecule has 2 nitrogen and oxygen atoms in total. The summed E-state index contributed by atoms with van der Waals surface area (Å²) in [7, 11) is 0. The van der Waals surface area contributed by atoms with Crippen molar-refractivity contribution in [1.82, 2.24) is 4.90 Å². The van der Waals surface area contributed by atoms with E-state index in [2.05, 4.69) is 69.9 Å². The van der Waals surface area contributed by atoms with Gasteiger partial charge in [0.1, 0.15) is 11.2 Å². The first-order valence-corrected chi connectivity index (χ1v) is 8.47. The van der Waals surface area contributed by atoms with Crippen molar-refractivity contribution >= 4 is 0 Å². The van der Waals surface area contributed by atoms with Gasteiger partial charge in [0.25, 0.3) is 0 Å². The Bertz CT molecular complexity index is 502. The number of nitrogens with zero attached hydrogens (tertiary/aromatic N) is 1. The maximum Gasteiger partial charge on any atom is 0.110 e. The summed E-state index contributed by atoms with van der Waals surface area (Å²) in [5.41, 5.74) is 1.51. The van der Waals surface area contributed by atoms with Crippen LogP contribution >= 0.6 is 0 Å². The summed E-state index contributed by atoms with van der Waals surface area (Å²) < 4.78 is 6.33. The number of fused-ring (bicyclic) bond motifs is 1. The quantitative estimate of drug-likeness (QED) is 0.770. The smallest absolute Gasteiger partial charge is 0.110 e. The van der Waals surface area contributed by atoms with Crippen LogP contribution in [0.15, 0.2) is 30.3 Å². The predicted octanol–water partition coefficient (Wildman–Crippen LogP) is 4.24. The fraction of sp³-hybridized carbons (Fsp3) is 0.684. The molecule has 2 aliphatic rings. The summed E-state index contributed by atoms with van der Waals surface area (Å²) in [6.07, 6.45) is 2.40. The predicted molar refractivity (Wildman–Crippen MR) is 87.2 cm³/mol. The lowest BCUT2D eigenvalue weighted by Crippen LogP contribution is -2.60. The molecule has 2 fully saturated rings. The molecule has 0 saturated carbocycles. The van der Waals surface area contributed by atoms with E-state index in [-0.39, 0.29) is 11.2 Å². The van der Waals surface area contributed by atoms with Gasteiger partial charge in [0.15, 0.2) is 0 Å². The molecule has 0 aliphatic carbocycles. The Morgan fingerprint density at radius 2 is 1.71 bits per heavy atom. The van der Waals surface area contributed by atoms with Crippen LogP contribution in [0.1, 0.15) is 53.0 Å². The van der Waals surface area contributed by atoms with Crippen molar-refractivity contribution in [3.63, 3.8) is 0 Å². The molecule has 0 aromatic heterocycles. The van der Waals surface area contributed by atoms with Crippen LogP contribution in [0.2, 0.25) is 0 Å². The van der Waals surface area contributed by atoms with Gasteiger partial charge in [-0.05, 0) is 39.2 Å². The third kappa shape index (κ3) is 2.07. The molecule has 21 heavy (non-hydrogen) atoms. The zero-order valence-electron chi connectivity index (χ0n) is 14.1. The van der Waals surface area contributed by atoms with E-state index in [4.69, 9.17) is 4.74 Å². The van der Waals surface area contributed by atoms with E-state index in [0.29, 0.717) is 18.0 Å². The summed E-state index contributed by atoms with van der Waals surface area (Å²) in [5, 5.41) is 0. The van der Waals surface area contributed by atoms with Crippen molar-refractivity contribution in [3.05, 3.63) is 35.9 Å². The van der Waals surface area contributed by atoms with Gasteiger partial charge < -0.3 is 4.74 Å². The van der Waals surface area contributed by atoms with Gasteiger partial charge in [-0.1, -0.05) is 44.2 Å². The largest absolute Gasteiger partial charge is 0.361 e. The van der Waals surface area contributed by atoms with E-state index < -0.39 is 0 Å². The number of ether oxygens (including phenoxy) is 1. The van der Waals surface area contributed by atoms with Gasteiger partial charge in [0.2, 0.25) is 0 Å². The summed E-state index contributed by atoms with van der Waals surface area (Å²) in [6.45, 7) is 12.7. The standard InChI is InChI=1S/C19H29NO/c1-6-16-17(7-2)20(13-15-11-9-8-10-12-15)14(3)18(4)19(16,5)21-18/h8-12,14,16-17H,6-7,13H2,1-5H3/t14-,16-,17-,18+,19-/m1/s1. The minimum atomic E-state index is 0.0220. The molecule has 116 valence electrons. The number of piperidine rings is 1. The summed E-state index contributed by atoms with van der Waals surface area (Å²) in [4.78, 5) is 2.69. The average Bonchev–Trinajstić information content (AvgIpc) is 3.07. The van der Waals surface area contributed by atoms with E-state index >= 15 is 0 Å². The highest BCUT2D eigenvalue weighted by molar-refractivity contribution is 5.25. The SMILES string of the molecule is CC[C@@H]1[C@@H](CC)[C@@]2(C)O[C@@]2(C)[C@@H](C)N1Cc1ccccc1. The molecular formula is C19H29NO. The number of hydrogen-bond acceptors (Lipinski definition) is 2. The number of rotatable bonds is 4. The van der Waals surface area contributed by atoms with E-state index in [9.17, 15) is 0 Å². The monoisotopic (exact) mass is 287 g/mol. The van der Waals surface area contributed by atoms with Gasteiger partial charge in [-0.3, -0.25) is 4.90 Å². The van der Waals surface area contributed by atoms with Crippen molar-refractivity contribution in [3.8, 4) is 0 Å². The molecule has 0 unspecified atom stereocenters. The fourth-order valence-electron chi connectivity index (χ4n) is 4.79. The zero-order chi connectivity index (χ0) is 15.3. The Kier molecular flexibility index (Phi) is 3.66. The lowest BCUT2D eigenvalue weighted by molar-refractivity contribution is 0.0145. The van der Waals surface area contributed by atoms with Crippen LogP contribution in [0.25, 0.3) is 0 Å². The maximum atomic E-state index is 6.33. The molecule has 3 rings (SSSR count). The van der Waals surface area contributed by atoms with Crippen molar-refractivity contribution in [2.24, 2.45) is 5.92 Å². The summed E-state index contributed by atoms with van der Waals surface area (Å²) in [6, 6.07) is 11.9. The van der Waals surface area contributed by atoms with Gasteiger partial charge >= 0.3 is 0 Å². The van der Waals surface area contributed by atoms with Crippen LogP contribution in [0.3, 0.4) is 0 Å². The fourth-order valence-corrected chi connectivity index (χ4v) is 4.79. The second-order valence-electron chi connectivity index (χ2n) is 7.14. The maximum absolute atomic E-state index is 6.33. The van der Waals surface area contributed by atoms with Gasteiger partial charge in [-0.2, -0.15) is 0 Å². The molecule has 0 bridgehead atoms. The van der Waals surface area contributed by atoms with E-state index in [1.165, 1.54) is 18.4 Å². The molecule has 0 amide bonds. The van der Waals surface area contributed by atoms with Gasteiger partial charge in [0.05, 0.1) is 0 Å². The molecule has 2 saturated heterocycles. The second-order valence-corrected chi connectivity index (χ2v) is 7.14. The minimum absolute atomic E-state index is 0.0220. The van der Waals surface area contributed by atoms with Crippen LogP contribution < -0.4 is 0 Å². The lowest BCUT2D eigenvalue weighted by atomic mass is 9.70. The van der Waals surface area contributed by atoms with Crippen molar-refractivity contribution in [2.45, 2.75) is 77.3 Å². The Balaban J connectivity index is 1.91. The van der Waals surface area contributed by atoms with Gasteiger partial charge in [-0.15, -0.1) is 0 Å². The topological polar surface area (TPSA) is 15.8 Å². The molecule has 0 radical (unpaired) electrons. The second kappa shape index (κ2) is 5.10. The third-order valence-corrected chi connectivity index (χ3v) is 6.33. The zero-order valence-corrected chi connectivity index (χ0v) is 14.1. The number of benzene rings is 1. The molecule has 2 aliphatic heterocycles. The average molecular weight is 287 g/mol. The molecule has 0 N–H and O–H groups in total. The molecule has 5 atom stereocenters. The first-order chi connectivity index (χ1) is 9.98. The minimum Gasteiger partial charge on any atom is -0.361 e. The van der Waals surface area contributed by atoms with Crippen LogP contribution in [-0.2, 0) is 11.3 Å². The number of epoxide rings is 1. The van der Waals surface area contributed by atoms with Gasteiger partial charge in [-0.25, -0.2) is 0 Å². The van der Waals surface area contributed by atoms with Gasteiger partial charge in [0, 0.05) is 24.5 Å². The normalized spacial score (nSPS) is 42.6. The van der Waals surface area contributed by atoms with E-state index in [1.807, 2.05) is 0 Å². The highest BCUT2D eigenvalue weighted by Crippen LogP contribution is 2.61. The van der Waals surface area contributed by atoms with Crippen molar-refractivity contribution < 1.29 is 4.74 Å². The first kappa shape index (κ1) is 15.1. The molecule has 1 aromatic carbocycles. The van der Waals surface area contributed by atoms with Crippen LogP contribution in [0.4, 0.5) is 0 Å². The highest BCUT2D eigenvalue weighted by atomic mass is 16.6.